The van der Waals surface area contributed by atoms with Gasteiger partial charge in [-0.1, -0.05) is 6.07 Å². The first-order valence-corrected chi connectivity index (χ1v) is 5.87. The molecular weight excluding hydrogens is 212 g/mol. The van der Waals surface area contributed by atoms with Gasteiger partial charge < -0.3 is 5.32 Å². The minimum absolute atomic E-state index is 0.564. The molecule has 2 rings (SSSR count). The zero-order valence-corrected chi connectivity index (χ0v) is 8.91. The average molecular weight is 222 g/mol. The first-order chi connectivity index (χ1) is 7.25. The molecule has 0 aliphatic rings. The third-order valence-electron chi connectivity index (χ3n) is 1.84. The lowest BCUT2D eigenvalue weighted by Gasteiger charge is -2.03. The number of nitrogens with one attached hydrogen (secondary N) is 2. The molecule has 0 aliphatic carbocycles. The van der Waals surface area contributed by atoms with Gasteiger partial charge in [-0.2, -0.15) is 10.1 Å². The van der Waals surface area contributed by atoms with Crippen molar-refractivity contribution in [2.45, 2.75) is 4.90 Å². The fraction of sp³-hybridized carbons (Fsp3) is 0.111. The highest BCUT2D eigenvalue weighted by atomic mass is 32.2. The van der Waals surface area contributed by atoms with E-state index in [1.165, 1.54) is 6.33 Å². The van der Waals surface area contributed by atoms with Crippen LogP contribution >= 0.6 is 0 Å². The summed E-state index contributed by atoms with van der Waals surface area (Å²) in [6.07, 6.45) is 3.07. The molecule has 0 aliphatic heterocycles. The molecule has 1 aromatic carbocycles. The van der Waals surface area contributed by atoms with E-state index in [0.29, 0.717) is 5.95 Å². The van der Waals surface area contributed by atoms with E-state index in [1.54, 1.807) is 6.26 Å². The molecule has 0 fully saturated rings. The molecule has 0 radical (unpaired) electrons. The van der Waals surface area contributed by atoms with Crippen molar-refractivity contribution >= 4 is 22.4 Å². The molecule has 78 valence electrons. The van der Waals surface area contributed by atoms with E-state index in [1.807, 2.05) is 24.3 Å². The van der Waals surface area contributed by atoms with E-state index in [2.05, 4.69) is 20.5 Å². The number of hydrogen-bond acceptors (Lipinski definition) is 4. The molecule has 5 nitrogen and oxygen atoms in total. The Balaban J connectivity index is 2.22. The number of aromatic nitrogens is 3. The van der Waals surface area contributed by atoms with Crippen LogP contribution in [0.25, 0.3) is 0 Å². The number of rotatable bonds is 3. The molecule has 6 heteroatoms. The highest BCUT2D eigenvalue weighted by Gasteiger charge is 2.00. The van der Waals surface area contributed by atoms with Crippen LogP contribution in [0, 0.1) is 0 Å². The minimum atomic E-state index is -0.974. The summed E-state index contributed by atoms with van der Waals surface area (Å²) in [5.74, 6) is 0.564. The standard InChI is InChI=1S/C9H10N4OS/c1-15(14)8-4-2-3-7(5-8)12-9-10-6-11-13-9/h2-6H,1H3,(H2,10,11,12,13). The van der Waals surface area contributed by atoms with E-state index in [-0.39, 0.29) is 0 Å². The fourth-order valence-corrected chi connectivity index (χ4v) is 1.72. The summed E-state index contributed by atoms with van der Waals surface area (Å²) < 4.78 is 11.2. The zero-order valence-electron chi connectivity index (χ0n) is 8.10. The Kier molecular flexibility index (Phi) is 2.77. The monoisotopic (exact) mass is 222 g/mol. The molecule has 15 heavy (non-hydrogen) atoms. The lowest BCUT2D eigenvalue weighted by Crippen LogP contribution is -1.94. The minimum Gasteiger partial charge on any atom is -0.325 e. The number of H-pyrrole nitrogens is 1. The molecule has 0 bridgehead atoms. The van der Waals surface area contributed by atoms with Gasteiger partial charge >= 0.3 is 0 Å². The largest absolute Gasteiger partial charge is 0.325 e. The van der Waals surface area contributed by atoms with Gasteiger partial charge in [-0.3, -0.25) is 4.21 Å². The van der Waals surface area contributed by atoms with Crippen molar-refractivity contribution in [3.63, 3.8) is 0 Å². The normalized spacial score (nSPS) is 12.3. The highest BCUT2D eigenvalue weighted by molar-refractivity contribution is 7.84. The van der Waals surface area contributed by atoms with Crippen molar-refractivity contribution in [3.05, 3.63) is 30.6 Å². The molecule has 0 amide bonds. The molecule has 0 saturated heterocycles. The van der Waals surface area contributed by atoms with E-state index in [9.17, 15) is 4.21 Å². The summed E-state index contributed by atoms with van der Waals surface area (Å²) in [4.78, 5) is 4.71. The smallest absolute Gasteiger partial charge is 0.222 e. The Morgan fingerprint density at radius 3 is 3.00 bits per heavy atom. The van der Waals surface area contributed by atoms with Crippen LogP contribution in [0.2, 0.25) is 0 Å². The van der Waals surface area contributed by atoms with Crippen LogP contribution in [-0.2, 0) is 10.8 Å². The number of anilines is 2. The van der Waals surface area contributed by atoms with Crippen LogP contribution in [0.1, 0.15) is 0 Å². The van der Waals surface area contributed by atoms with Crippen molar-refractivity contribution in [2.24, 2.45) is 0 Å². The van der Waals surface area contributed by atoms with Crippen LogP contribution < -0.4 is 5.32 Å². The maximum Gasteiger partial charge on any atom is 0.222 e. The van der Waals surface area contributed by atoms with E-state index in [0.717, 1.165) is 10.6 Å². The molecule has 1 aromatic heterocycles. The van der Waals surface area contributed by atoms with Crippen molar-refractivity contribution in [1.29, 1.82) is 0 Å². The van der Waals surface area contributed by atoms with E-state index < -0.39 is 10.8 Å². The number of aromatic amines is 1. The summed E-state index contributed by atoms with van der Waals surface area (Å²) >= 11 is 0. The van der Waals surface area contributed by atoms with Crippen LogP contribution in [-0.4, -0.2) is 25.6 Å². The number of benzene rings is 1. The van der Waals surface area contributed by atoms with Crippen molar-refractivity contribution in [2.75, 3.05) is 11.6 Å². The van der Waals surface area contributed by atoms with Gasteiger partial charge in [-0.15, -0.1) is 0 Å². The van der Waals surface area contributed by atoms with Crippen LogP contribution in [0.3, 0.4) is 0 Å². The molecule has 1 atom stereocenters. The third-order valence-corrected chi connectivity index (χ3v) is 2.76. The first kappa shape index (κ1) is 9.85. The quantitative estimate of drug-likeness (QED) is 0.820. The molecule has 0 saturated carbocycles. The van der Waals surface area contributed by atoms with Crippen LogP contribution in [0.5, 0.6) is 0 Å². The van der Waals surface area contributed by atoms with Gasteiger partial charge in [0.1, 0.15) is 6.33 Å². The molecule has 1 heterocycles. The second-order valence-corrected chi connectivity index (χ2v) is 4.32. The Morgan fingerprint density at radius 2 is 2.33 bits per heavy atom. The second kappa shape index (κ2) is 4.22. The Morgan fingerprint density at radius 1 is 1.47 bits per heavy atom. The predicted molar refractivity (Wildman–Crippen MR) is 58.4 cm³/mol. The summed E-state index contributed by atoms with van der Waals surface area (Å²) in [5, 5.41) is 9.42. The van der Waals surface area contributed by atoms with Gasteiger partial charge in [0.15, 0.2) is 0 Å². The maximum absolute atomic E-state index is 11.2. The Labute approximate surface area is 89.4 Å². The van der Waals surface area contributed by atoms with Gasteiger partial charge in [0.05, 0.1) is 0 Å². The van der Waals surface area contributed by atoms with Gasteiger partial charge in [0.25, 0.3) is 0 Å². The second-order valence-electron chi connectivity index (χ2n) is 2.94. The number of nitrogens with zero attached hydrogens (tertiary/aromatic N) is 2. The van der Waals surface area contributed by atoms with Crippen molar-refractivity contribution in [1.82, 2.24) is 15.2 Å². The lowest BCUT2D eigenvalue weighted by atomic mass is 10.3. The van der Waals surface area contributed by atoms with E-state index >= 15 is 0 Å². The Bertz CT molecular complexity index is 469. The summed E-state index contributed by atoms with van der Waals surface area (Å²) in [6.45, 7) is 0. The van der Waals surface area contributed by atoms with Crippen LogP contribution in [0.4, 0.5) is 11.6 Å². The summed E-state index contributed by atoms with van der Waals surface area (Å²) in [7, 11) is -0.974. The SMILES string of the molecule is CS(=O)c1cccc(Nc2ncn[nH]2)c1. The molecular formula is C9H10N4OS. The third kappa shape index (κ3) is 2.41. The zero-order chi connectivity index (χ0) is 10.7. The summed E-state index contributed by atoms with van der Waals surface area (Å²) in [6, 6.07) is 7.36. The van der Waals surface area contributed by atoms with Crippen molar-refractivity contribution in [3.8, 4) is 0 Å². The highest BCUT2D eigenvalue weighted by Crippen LogP contribution is 2.15. The van der Waals surface area contributed by atoms with E-state index in [4.69, 9.17) is 0 Å². The molecule has 2 N–H and O–H groups in total. The maximum atomic E-state index is 11.2. The average Bonchev–Trinajstić information content (AvgIpc) is 2.71. The Hall–Kier alpha value is -1.69. The van der Waals surface area contributed by atoms with Gasteiger partial charge in [0.2, 0.25) is 5.95 Å². The van der Waals surface area contributed by atoms with Gasteiger partial charge in [-0.25, -0.2) is 5.10 Å². The van der Waals surface area contributed by atoms with Crippen LogP contribution in [0.15, 0.2) is 35.5 Å². The summed E-state index contributed by atoms with van der Waals surface area (Å²) in [5.41, 5.74) is 0.833. The molecule has 0 spiro atoms. The molecule has 2 aromatic rings. The number of hydrogen-bond donors (Lipinski definition) is 2. The fourth-order valence-electron chi connectivity index (χ4n) is 1.16. The lowest BCUT2D eigenvalue weighted by molar-refractivity contribution is 0.687. The van der Waals surface area contributed by atoms with Gasteiger partial charge in [-0.05, 0) is 18.2 Å². The predicted octanol–water partition coefficient (Wildman–Crippen LogP) is 1.29. The van der Waals surface area contributed by atoms with Gasteiger partial charge in [0, 0.05) is 27.6 Å². The topological polar surface area (TPSA) is 70.7 Å². The van der Waals surface area contributed by atoms with Crippen molar-refractivity contribution < 1.29 is 4.21 Å². The first-order valence-electron chi connectivity index (χ1n) is 4.31. The molecule has 1 unspecified atom stereocenters.